The molecule has 0 unspecified atom stereocenters. The topological polar surface area (TPSA) is 86.1 Å². The number of ether oxygens (including phenoxy) is 3. The fourth-order valence-electron chi connectivity index (χ4n) is 3.63. The summed E-state index contributed by atoms with van der Waals surface area (Å²) < 4.78 is 22.5. The van der Waals surface area contributed by atoms with Crippen LogP contribution in [0.25, 0.3) is 6.08 Å². The van der Waals surface area contributed by atoms with Gasteiger partial charge in [-0.15, -0.1) is 0 Å². The number of likely N-dealkylation sites (N-methyl/N-ethyl adjacent to an activating group) is 1. The third-order valence-corrected chi connectivity index (χ3v) is 5.87. The summed E-state index contributed by atoms with van der Waals surface area (Å²) in [5.74, 6) is 2.28. The van der Waals surface area contributed by atoms with E-state index in [0.717, 1.165) is 42.2 Å². The van der Waals surface area contributed by atoms with Gasteiger partial charge in [-0.25, -0.2) is 0 Å². The Labute approximate surface area is 212 Å². The number of methoxy groups -OCH3 is 1. The molecule has 0 aliphatic carbocycles. The van der Waals surface area contributed by atoms with Crippen LogP contribution in [0.5, 0.6) is 17.2 Å². The first-order valence-electron chi connectivity index (χ1n) is 12.1. The number of nitrogens with one attached hydrogen (secondary N) is 1. The quantitative estimate of drug-likeness (QED) is 0.325. The molecule has 0 radical (unpaired) electrons. The van der Waals surface area contributed by atoms with Crippen LogP contribution >= 0.6 is 0 Å². The summed E-state index contributed by atoms with van der Waals surface area (Å²) >= 11 is 0. The van der Waals surface area contributed by atoms with Gasteiger partial charge in [0.25, 0.3) is 0 Å². The van der Waals surface area contributed by atoms with Crippen LogP contribution in [0.3, 0.4) is 0 Å². The van der Waals surface area contributed by atoms with Gasteiger partial charge in [0.2, 0.25) is 5.91 Å². The van der Waals surface area contributed by atoms with Crippen molar-refractivity contribution >= 4 is 17.7 Å². The number of amides is 1. The zero-order chi connectivity index (χ0) is 25.9. The fraction of sp³-hybridized carbons (Fsp3) is 0.357. The van der Waals surface area contributed by atoms with E-state index in [1.165, 1.54) is 6.08 Å². The van der Waals surface area contributed by atoms with Crippen molar-refractivity contribution in [2.24, 2.45) is 0 Å². The van der Waals surface area contributed by atoms with Gasteiger partial charge in [-0.1, -0.05) is 37.2 Å². The first-order chi connectivity index (χ1) is 17.4. The molecule has 1 aromatic heterocycles. The van der Waals surface area contributed by atoms with E-state index in [0.29, 0.717) is 36.1 Å². The highest BCUT2D eigenvalue weighted by atomic mass is 16.5. The van der Waals surface area contributed by atoms with Crippen molar-refractivity contribution in [3.63, 3.8) is 0 Å². The summed E-state index contributed by atoms with van der Waals surface area (Å²) in [6.45, 7) is 11.6. The van der Waals surface area contributed by atoms with E-state index in [9.17, 15) is 4.79 Å². The fourth-order valence-corrected chi connectivity index (χ4v) is 3.63. The maximum absolute atomic E-state index is 12.6. The molecule has 0 bridgehead atoms. The van der Waals surface area contributed by atoms with Gasteiger partial charge in [-0.3, -0.25) is 4.79 Å². The molecule has 8 heteroatoms. The summed E-state index contributed by atoms with van der Waals surface area (Å²) in [6.07, 6.45) is 3.20. The summed E-state index contributed by atoms with van der Waals surface area (Å²) in [7, 11) is 1.58. The van der Waals surface area contributed by atoms with E-state index in [-0.39, 0.29) is 5.91 Å². The molecule has 1 amide bonds. The van der Waals surface area contributed by atoms with Crippen molar-refractivity contribution in [2.75, 3.05) is 38.7 Å². The molecule has 0 spiro atoms. The minimum Gasteiger partial charge on any atom is -0.493 e. The summed E-state index contributed by atoms with van der Waals surface area (Å²) in [6, 6.07) is 12.9. The molecule has 192 valence electrons. The first kappa shape index (κ1) is 26.8. The second-order valence-electron chi connectivity index (χ2n) is 8.20. The number of para-hydroxylation sites is 2. The molecule has 0 aliphatic rings. The highest BCUT2D eigenvalue weighted by Crippen LogP contribution is 2.30. The molecule has 8 nitrogen and oxygen atoms in total. The molecule has 1 heterocycles. The average Bonchev–Trinajstić information content (AvgIpc) is 3.22. The number of nitrogens with zero attached hydrogens (tertiary/aromatic N) is 2. The first-order valence-corrected chi connectivity index (χ1v) is 12.1. The molecule has 2 aromatic carbocycles. The van der Waals surface area contributed by atoms with Crippen LogP contribution in [0.1, 0.15) is 36.4 Å². The number of benzene rings is 2. The smallest absolute Gasteiger partial charge is 0.248 e. The molecule has 36 heavy (non-hydrogen) atoms. The second kappa shape index (κ2) is 13.3. The molecule has 0 saturated carbocycles. The Hall–Kier alpha value is -3.78. The summed E-state index contributed by atoms with van der Waals surface area (Å²) in [4.78, 5) is 14.9. The third kappa shape index (κ3) is 7.36. The SMILES string of the molecule is CCN(CC)CCOc1ccccc1NC(=O)/C=C/c1ccc(OCc2c(C)noc2C)c(OC)c1. The van der Waals surface area contributed by atoms with Gasteiger partial charge in [-0.05, 0) is 62.8 Å². The summed E-state index contributed by atoms with van der Waals surface area (Å²) in [5.41, 5.74) is 3.14. The molecule has 0 atom stereocenters. The molecule has 3 rings (SSSR count). The van der Waals surface area contributed by atoms with Crippen LogP contribution in [-0.2, 0) is 11.4 Å². The van der Waals surface area contributed by atoms with E-state index in [1.807, 2.05) is 56.3 Å². The van der Waals surface area contributed by atoms with Crippen molar-refractivity contribution < 1.29 is 23.5 Å². The molecule has 3 aromatic rings. The van der Waals surface area contributed by atoms with Crippen molar-refractivity contribution in [3.8, 4) is 17.2 Å². The standard InChI is InChI=1S/C28H35N3O5/c1-6-31(7-2)16-17-34-25-11-9-8-10-24(25)29-28(32)15-13-22-12-14-26(27(18-22)33-5)35-19-23-20(3)30-36-21(23)4/h8-15,18H,6-7,16-17,19H2,1-5H3,(H,29,32)/b15-13+. The highest BCUT2D eigenvalue weighted by Gasteiger charge is 2.12. The van der Waals surface area contributed by atoms with Gasteiger partial charge in [0.05, 0.1) is 24.1 Å². The molecule has 1 N–H and O–H groups in total. The van der Waals surface area contributed by atoms with Crippen LogP contribution in [0.15, 0.2) is 53.1 Å². The van der Waals surface area contributed by atoms with Gasteiger partial charge in [-0.2, -0.15) is 0 Å². The van der Waals surface area contributed by atoms with Crippen LogP contribution in [-0.4, -0.2) is 49.3 Å². The van der Waals surface area contributed by atoms with Gasteiger partial charge >= 0.3 is 0 Å². The van der Waals surface area contributed by atoms with Crippen molar-refractivity contribution in [3.05, 3.63) is 71.1 Å². The number of anilines is 1. The third-order valence-electron chi connectivity index (χ3n) is 5.87. The zero-order valence-electron chi connectivity index (χ0n) is 21.7. The lowest BCUT2D eigenvalue weighted by Crippen LogP contribution is -2.28. The molecular formula is C28H35N3O5. The number of rotatable bonds is 13. The monoisotopic (exact) mass is 493 g/mol. The van der Waals surface area contributed by atoms with E-state index in [4.69, 9.17) is 18.7 Å². The number of aromatic nitrogens is 1. The highest BCUT2D eigenvalue weighted by molar-refractivity contribution is 6.02. The second-order valence-corrected chi connectivity index (χ2v) is 8.20. The van der Waals surface area contributed by atoms with Gasteiger partial charge in [0, 0.05) is 12.6 Å². The molecule has 0 saturated heterocycles. The van der Waals surface area contributed by atoms with Crippen molar-refractivity contribution in [1.82, 2.24) is 10.1 Å². The maximum atomic E-state index is 12.6. The average molecular weight is 494 g/mol. The Morgan fingerprint density at radius 2 is 1.83 bits per heavy atom. The lowest BCUT2D eigenvalue weighted by molar-refractivity contribution is -0.111. The zero-order valence-corrected chi connectivity index (χ0v) is 21.7. The van der Waals surface area contributed by atoms with Crippen LogP contribution < -0.4 is 19.5 Å². The lowest BCUT2D eigenvalue weighted by atomic mass is 10.1. The Morgan fingerprint density at radius 1 is 1.06 bits per heavy atom. The number of carbonyl (C=O) groups is 1. The van der Waals surface area contributed by atoms with Crippen LogP contribution in [0.2, 0.25) is 0 Å². The minimum absolute atomic E-state index is 0.257. The van der Waals surface area contributed by atoms with Gasteiger partial charge in [0.1, 0.15) is 24.7 Å². The Kier molecular flexibility index (Phi) is 9.94. The van der Waals surface area contributed by atoms with E-state index in [2.05, 4.69) is 29.2 Å². The maximum Gasteiger partial charge on any atom is 0.248 e. The van der Waals surface area contributed by atoms with Crippen molar-refractivity contribution in [2.45, 2.75) is 34.3 Å². The van der Waals surface area contributed by atoms with Gasteiger partial charge in [0.15, 0.2) is 11.5 Å². The van der Waals surface area contributed by atoms with E-state index in [1.54, 1.807) is 13.2 Å². The normalized spacial score (nSPS) is 11.2. The van der Waals surface area contributed by atoms with Crippen molar-refractivity contribution in [1.29, 1.82) is 0 Å². The molecular weight excluding hydrogens is 458 g/mol. The van der Waals surface area contributed by atoms with Crippen LogP contribution in [0, 0.1) is 13.8 Å². The predicted molar refractivity (Wildman–Crippen MR) is 141 cm³/mol. The lowest BCUT2D eigenvalue weighted by Gasteiger charge is -2.19. The Morgan fingerprint density at radius 3 is 2.53 bits per heavy atom. The van der Waals surface area contributed by atoms with E-state index < -0.39 is 0 Å². The largest absolute Gasteiger partial charge is 0.493 e. The van der Waals surface area contributed by atoms with Gasteiger partial charge < -0.3 is 29.0 Å². The number of hydrogen-bond donors (Lipinski definition) is 1. The Balaban J connectivity index is 1.60. The minimum atomic E-state index is -0.257. The number of carbonyl (C=O) groups excluding carboxylic acids is 1. The number of aryl methyl sites for hydroxylation is 2. The predicted octanol–water partition coefficient (Wildman–Crippen LogP) is 5.25. The summed E-state index contributed by atoms with van der Waals surface area (Å²) in [5, 5.41) is 6.85. The molecule has 0 fully saturated rings. The number of hydrogen-bond acceptors (Lipinski definition) is 7. The Bertz CT molecular complexity index is 1150. The van der Waals surface area contributed by atoms with Crippen LogP contribution in [0.4, 0.5) is 5.69 Å². The molecule has 0 aliphatic heterocycles. The van der Waals surface area contributed by atoms with E-state index >= 15 is 0 Å².